The van der Waals surface area contributed by atoms with Crippen LogP contribution in [0.2, 0.25) is 0 Å². The summed E-state index contributed by atoms with van der Waals surface area (Å²) in [4.78, 5) is 14.2. The molecule has 1 aliphatic heterocycles. The molecule has 1 aliphatic rings. The van der Waals surface area contributed by atoms with Crippen LogP contribution in [0.15, 0.2) is 48.5 Å². The quantitative estimate of drug-likeness (QED) is 0.787. The molecule has 0 atom stereocenters. The molecule has 0 saturated heterocycles. The summed E-state index contributed by atoms with van der Waals surface area (Å²) in [6.45, 7) is 0.256. The summed E-state index contributed by atoms with van der Waals surface area (Å²) in [7, 11) is 0. The molecule has 0 spiro atoms. The van der Waals surface area contributed by atoms with E-state index in [-0.39, 0.29) is 12.5 Å². The third kappa shape index (κ3) is 1.84. The summed E-state index contributed by atoms with van der Waals surface area (Å²) < 4.78 is 0. The van der Waals surface area contributed by atoms with E-state index < -0.39 is 0 Å². The van der Waals surface area contributed by atoms with Crippen molar-refractivity contribution in [1.29, 1.82) is 0 Å². The molecule has 0 saturated carbocycles. The SMILES string of the molecule is C#CCN1C(=O)c2ccccc2Nc2ccccc21. The molecule has 2 aromatic carbocycles. The molecule has 1 amide bonds. The number of terminal acetylenes is 1. The van der Waals surface area contributed by atoms with Gasteiger partial charge in [-0.1, -0.05) is 30.2 Å². The predicted octanol–water partition coefficient (Wildman–Crippen LogP) is 3.02. The number of benzene rings is 2. The first-order chi connectivity index (χ1) is 9.31. The highest BCUT2D eigenvalue weighted by Gasteiger charge is 2.25. The fourth-order valence-corrected chi connectivity index (χ4v) is 2.24. The van der Waals surface area contributed by atoms with Gasteiger partial charge in [0.15, 0.2) is 0 Å². The number of rotatable bonds is 1. The van der Waals surface area contributed by atoms with Gasteiger partial charge in [-0.15, -0.1) is 6.42 Å². The van der Waals surface area contributed by atoms with Crippen molar-refractivity contribution in [1.82, 2.24) is 0 Å². The number of hydrogen-bond donors (Lipinski definition) is 1. The van der Waals surface area contributed by atoms with Gasteiger partial charge in [-0.3, -0.25) is 9.69 Å². The van der Waals surface area contributed by atoms with Gasteiger partial charge < -0.3 is 5.32 Å². The van der Waals surface area contributed by atoms with Gasteiger partial charge in [-0.05, 0) is 24.3 Å². The van der Waals surface area contributed by atoms with Crippen LogP contribution in [0.4, 0.5) is 17.1 Å². The maximum absolute atomic E-state index is 12.6. The van der Waals surface area contributed by atoms with Crippen LogP contribution in [-0.2, 0) is 0 Å². The van der Waals surface area contributed by atoms with Gasteiger partial charge in [-0.2, -0.15) is 0 Å². The first kappa shape index (κ1) is 11.4. The van der Waals surface area contributed by atoms with Gasteiger partial charge in [0.2, 0.25) is 0 Å². The standard InChI is InChI=1S/C16H12N2O/c1-2-11-18-15-10-6-5-9-14(15)17-13-8-4-3-7-12(13)16(18)19/h1,3-10,17H,11H2. The molecule has 3 heteroatoms. The van der Waals surface area contributed by atoms with Crippen LogP contribution in [0.3, 0.4) is 0 Å². The highest BCUT2D eigenvalue weighted by Crippen LogP contribution is 2.34. The van der Waals surface area contributed by atoms with Crippen molar-refractivity contribution >= 4 is 23.0 Å². The molecule has 0 bridgehead atoms. The van der Waals surface area contributed by atoms with Crippen molar-refractivity contribution in [3.05, 3.63) is 54.1 Å². The summed E-state index contributed by atoms with van der Waals surface area (Å²) >= 11 is 0. The van der Waals surface area contributed by atoms with Gasteiger partial charge in [0.25, 0.3) is 5.91 Å². The highest BCUT2D eigenvalue weighted by molar-refractivity contribution is 6.13. The number of fused-ring (bicyclic) bond motifs is 2. The van der Waals surface area contributed by atoms with E-state index in [2.05, 4.69) is 11.2 Å². The monoisotopic (exact) mass is 248 g/mol. The second-order valence-corrected chi connectivity index (χ2v) is 4.28. The Labute approximate surface area is 111 Å². The van der Waals surface area contributed by atoms with Crippen LogP contribution in [0.1, 0.15) is 10.4 Å². The van der Waals surface area contributed by atoms with Crippen LogP contribution in [-0.4, -0.2) is 12.5 Å². The highest BCUT2D eigenvalue weighted by atomic mass is 16.2. The predicted molar refractivity (Wildman–Crippen MR) is 76.7 cm³/mol. The van der Waals surface area contributed by atoms with E-state index in [1.54, 1.807) is 11.0 Å². The zero-order valence-corrected chi connectivity index (χ0v) is 10.3. The Balaban J connectivity index is 2.22. The van der Waals surface area contributed by atoms with Crippen LogP contribution in [0.25, 0.3) is 0 Å². The average Bonchev–Trinajstić information content (AvgIpc) is 2.56. The first-order valence-corrected chi connectivity index (χ1v) is 6.01. The van der Waals surface area contributed by atoms with Gasteiger partial charge >= 0.3 is 0 Å². The third-order valence-electron chi connectivity index (χ3n) is 3.12. The summed E-state index contributed by atoms with van der Waals surface area (Å²) in [5, 5.41) is 3.29. The molecular weight excluding hydrogens is 236 g/mol. The largest absolute Gasteiger partial charge is 0.353 e. The Kier molecular flexibility index (Phi) is 2.70. The maximum atomic E-state index is 12.6. The molecule has 0 radical (unpaired) electrons. The minimum absolute atomic E-state index is 0.0778. The number of para-hydroxylation sites is 3. The van der Waals surface area contributed by atoms with E-state index in [4.69, 9.17) is 6.42 Å². The fourth-order valence-electron chi connectivity index (χ4n) is 2.24. The van der Waals surface area contributed by atoms with Crippen LogP contribution in [0.5, 0.6) is 0 Å². The number of anilines is 3. The van der Waals surface area contributed by atoms with Crippen molar-refractivity contribution in [3.63, 3.8) is 0 Å². The number of nitrogens with zero attached hydrogens (tertiary/aromatic N) is 1. The molecule has 0 unspecified atom stereocenters. The van der Waals surface area contributed by atoms with E-state index in [1.807, 2.05) is 42.5 Å². The lowest BCUT2D eigenvalue weighted by Crippen LogP contribution is -2.30. The minimum Gasteiger partial charge on any atom is -0.353 e. The molecule has 1 N–H and O–H groups in total. The number of carbonyl (C=O) groups is 1. The zero-order chi connectivity index (χ0) is 13.2. The van der Waals surface area contributed by atoms with Crippen molar-refractivity contribution in [2.75, 3.05) is 16.8 Å². The summed E-state index contributed by atoms with van der Waals surface area (Å²) in [5.74, 6) is 2.47. The van der Waals surface area contributed by atoms with E-state index in [0.717, 1.165) is 17.1 Å². The Morgan fingerprint density at radius 2 is 1.74 bits per heavy atom. The third-order valence-corrected chi connectivity index (χ3v) is 3.12. The summed E-state index contributed by atoms with van der Waals surface area (Å²) in [6.07, 6.45) is 5.39. The van der Waals surface area contributed by atoms with Gasteiger partial charge in [0, 0.05) is 0 Å². The van der Waals surface area contributed by atoms with E-state index in [9.17, 15) is 4.79 Å². The van der Waals surface area contributed by atoms with Gasteiger partial charge in [0.1, 0.15) is 0 Å². The Morgan fingerprint density at radius 1 is 1.05 bits per heavy atom. The molecule has 1 heterocycles. The number of hydrogen-bond acceptors (Lipinski definition) is 2. The molecule has 19 heavy (non-hydrogen) atoms. The zero-order valence-electron chi connectivity index (χ0n) is 10.3. The minimum atomic E-state index is -0.0778. The lowest BCUT2D eigenvalue weighted by molar-refractivity contribution is 0.0991. The van der Waals surface area contributed by atoms with Crippen molar-refractivity contribution in [2.45, 2.75) is 0 Å². The molecule has 2 aromatic rings. The van der Waals surface area contributed by atoms with Gasteiger partial charge in [0.05, 0.1) is 29.2 Å². The second kappa shape index (κ2) is 4.51. The van der Waals surface area contributed by atoms with Crippen LogP contribution >= 0.6 is 0 Å². The van der Waals surface area contributed by atoms with E-state index in [1.165, 1.54) is 0 Å². The fraction of sp³-hybridized carbons (Fsp3) is 0.0625. The lowest BCUT2D eigenvalue weighted by Gasteiger charge is -2.19. The number of amides is 1. The smallest absolute Gasteiger partial charge is 0.261 e. The summed E-state index contributed by atoms with van der Waals surface area (Å²) in [5.41, 5.74) is 3.13. The molecule has 3 rings (SSSR count). The van der Waals surface area contributed by atoms with Crippen LogP contribution < -0.4 is 10.2 Å². The van der Waals surface area contributed by atoms with Crippen molar-refractivity contribution in [3.8, 4) is 12.3 Å². The van der Waals surface area contributed by atoms with Gasteiger partial charge in [-0.25, -0.2) is 0 Å². The first-order valence-electron chi connectivity index (χ1n) is 6.01. The Morgan fingerprint density at radius 3 is 2.53 bits per heavy atom. The molecule has 0 aliphatic carbocycles. The average molecular weight is 248 g/mol. The second-order valence-electron chi connectivity index (χ2n) is 4.28. The Hall–Kier alpha value is -2.73. The topological polar surface area (TPSA) is 32.3 Å². The molecule has 0 aromatic heterocycles. The van der Waals surface area contributed by atoms with Crippen molar-refractivity contribution < 1.29 is 4.79 Å². The van der Waals surface area contributed by atoms with Crippen LogP contribution in [0, 0.1) is 12.3 Å². The van der Waals surface area contributed by atoms with E-state index in [0.29, 0.717) is 5.56 Å². The normalized spacial score (nSPS) is 12.8. The molecular formula is C16H12N2O. The summed E-state index contributed by atoms with van der Waals surface area (Å²) in [6, 6.07) is 15.1. The van der Waals surface area contributed by atoms with Crippen molar-refractivity contribution in [2.24, 2.45) is 0 Å². The van der Waals surface area contributed by atoms with E-state index >= 15 is 0 Å². The molecule has 92 valence electrons. The molecule has 0 fully saturated rings. The number of carbonyl (C=O) groups excluding carboxylic acids is 1. The lowest BCUT2D eigenvalue weighted by atomic mass is 10.1. The molecule has 3 nitrogen and oxygen atoms in total. The maximum Gasteiger partial charge on any atom is 0.261 e. The number of nitrogens with one attached hydrogen (secondary N) is 1. The Bertz CT molecular complexity index is 685.